The van der Waals surface area contributed by atoms with E-state index in [1.54, 1.807) is 11.8 Å². The highest BCUT2D eigenvalue weighted by Crippen LogP contribution is 2.25. The fourth-order valence-corrected chi connectivity index (χ4v) is 3.34. The van der Waals surface area contributed by atoms with E-state index in [4.69, 9.17) is 5.73 Å². The predicted molar refractivity (Wildman–Crippen MR) is 83.7 cm³/mol. The molecule has 1 aliphatic heterocycles. The van der Waals surface area contributed by atoms with Crippen LogP contribution >= 0.6 is 11.8 Å². The molecule has 1 saturated heterocycles. The van der Waals surface area contributed by atoms with Crippen molar-refractivity contribution < 1.29 is 4.79 Å². The van der Waals surface area contributed by atoms with Crippen molar-refractivity contribution in [2.75, 3.05) is 19.3 Å². The number of nitrogens with one attached hydrogen (secondary N) is 1. The van der Waals surface area contributed by atoms with Gasteiger partial charge in [0.25, 0.3) is 0 Å². The Morgan fingerprint density at radius 2 is 2.25 bits per heavy atom. The normalized spacial score (nSPS) is 22.9. The highest BCUT2D eigenvalue weighted by Gasteiger charge is 2.34. The average molecular weight is 293 g/mol. The molecule has 1 aromatic carbocycles. The number of benzene rings is 1. The van der Waals surface area contributed by atoms with Crippen molar-refractivity contribution >= 4 is 17.7 Å². The number of amides is 1. The van der Waals surface area contributed by atoms with E-state index in [-0.39, 0.29) is 18.0 Å². The zero-order valence-corrected chi connectivity index (χ0v) is 13.0. The maximum atomic E-state index is 12.1. The van der Waals surface area contributed by atoms with Crippen LogP contribution in [0.25, 0.3) is 0 Å². The van der Waals surface area contributed by atoms with E-state index in [1.165, 1.54) is 10.5 Å². The van der Waals surface area contributed by atoms with Gasteiger partial charge in [0, 0.05) is 30.6 Å². The molecule has 0 radical (unpaired) electrons. The van der Waals surface area contributed by atoms with Gasteiger partial charge in [-0.2, -0.15) is 0 Å². The Kier molecular flexibility index (Phi) is 5.46. The molecule has 3 N–H and O–H groups in total. The van der Waals surface area contributed by atoms with Crippen LogP contribution in [0.1, 0.15) is 18.9 Å². The van der Waals surface area contributed by atoms with E-state index < -0.39 is 0 Å². The molecule has 0 aliphatic carbocycles. The van der Waals surface area contributed by atoms with Gasteiger partial charge in [0.05, 0.1) is 6.04 Å². The maximum Gasteiger partial charge on any atom is 0.237 e. The van der Waals surface area contributed by atoms with Crippen molar-refractivity contribution in [3.8, 4) is 0 Å². The van der Waals surface area contributed by atoms with Crippen molar-refractivity contribution in [3.63, 3.8) is 0 Å². The lowest BCUT2D eigenvalue weighted by Gasteiger charge is -2.24. The Morgan fingerprint density at radius 1 is 1.50 bits per heavy atom. The predicted octanol–water partition coefficient (Wildman–Crippen LogP) is 1.45. The number of thioether (sulfide) groups is 1. The first-order chi connectivity index (χ1) is 9.65. The molecule has 0 saturated carbocycles. The summed E-state index contributed by atoms with van der Waals surface area (Å²) in [5.74, 6) is 0.0992. The minimum atomic E-state index is -0.0973. The number of likely N-dealkylation sites (tertiary alicyclic amines) is 1. The van der Waals surface area contributed by atoms with Gasteiger partial charge in [-0.25, -0.2) is 0 Å². The highest BCUT2D eigenvalue weighted by atomic mass is 32.2. The Hall–Kier alpha value is -1.04. The van der Waals surface area contributed by atoms with Crippen LogP contribution in [0.15, 0.2) is 29.2 Å². The lowest BCUT2D eigenvalue weighted by atomic mass is 10.1. The monoisotopic (exact) mass is 293 g/mol. The molecule has 1 heterocycles. The van der Waals surface area contributed by atoms with Crippen molar-refractivity contribution in [3.05, 3.63) is 29.8 Å². The number of nitrogens with two attached hydrogens (primary N) is 1. The molecule has 5 heteroatoms. The van der Waals surface area contributed by atoms with Crippen LogP contribution in [0.3, 0.4) is 0 Å². The molecule has 1 fully saturated rings. The lowest BCUT2D eigenvalue weighted by Crippen LogP contribution is -2.42. The fourth-order valence-electron chi connectivity index (χ4n) is 2.73. The molecule has 1 aliphatic rings. The maximum absolute atomic E-state index is 12.1. The number of nitrogens with zero attached hydrogens (tertiary/aromatic N) is 1. The molecular formula is C15H23N3OS. The van der Waals surface area contributed by atoms with Gasteiger partial charge < -0.3 is 11.1 Å². The molecule has 110 valence electrons. The zero-order chi connectivity index (χ0) is 14.5. The summed E-state index contributed by atoms with van der Waals surface area (Å²) < 4.78 is 0. The van der Waals surface area contributed by atoms with E-state index >= 15 is 0 Å². The molecule has 2 rings (SSSR count). The van der Waals surface area contributed by atoms with Crippen LogP contribution in [0, 0.1) is 0 Å². The summed E-state index contributed by atoms with van der Waals surface area (Å²) in [4.78, 5) is 15.6. The molecule has 1 aromatic rings. The SMILES string of the molecule is CCNC(=O)[C@@H]1C[C@H](N)CN1Cc1ccccc1SC. The van der Waals surface area contributed by atoms with Gasteiger partial charge in [-0.15, -0.1) is 11.8 Å². The number of carbonyl (C=O) groups excluding carboxylic acids is 1. The summed E-state index contributed by atoms with van der Waals surface area (Å²) in [6.45, 7) is 4.18. The minimum absolute atomic E-state index is 0.0871. The smallest absolute Gasteiger partial charge is 0.237 e. The third kappa shape index (κ3) is 3.53. The Balaban J connectivity index is 2.11. The second kappa shape index (κ2) is 7.11. The summed E-state index contributed by atoms with van der Waals surface area (Å²) >= 11 is 1.74. The lowest BCUT2D eigenvalue weighted by molar-refractivity contribution is -0.125. The Morgan fingerprint density at radius 3 is 2.95 bits per heavy atom. The van der Waals surface area contributed by atoms with Gasteiger partial charge in [-0.3, -0.25) is 9.69 Å². The first-order valence-electron chi connectivity index (χ1n) is 7.05. The molecule has 20 heavy (non-hydrogen) atoms. The molecule has 0 unspecified atom stereocenters. The van der Waals surface area contributed by atoms with Crippen LogP contribution in [0.4, 0.5) is 0 Å². The van der Waals surface area contributed by atoms with E-state index in [1.807, 2.05) is 19.1 Å². The number of carbonyl (C=O) groups is 1. The first-order valence-corrected chi connectivity index (χ1v) is 8.27. The van der Waals surface area contributed by atoms with Crippen molar-refractivity contribution in [1.82, 2.24) is 10.2 Å². The quantitative estimate of drug-likeness (QED) is 0.807. The molecule has 0 spiro atoms. The van der Waals surface area contributed by atoms with E-state index in [9.17, 15) is 4.79 Å². The second-order valence-electron chi connectivity index (χ2n) is 5.15. The van der Waals surface area contributed by atoms with Gasteiger partial charge >= 0.3 is 0 Å². The Labute approximate surface area is 125 Å². The van der Waals surface area contributed by atoms with Crippen molar-refractivity contribution in [2.45, 2.75) is 36.9 Å². The standard InChI is InChI=1S/C15H23N3OS/c1-3-17-15(19)13-8-12(16)10-18(13)9-11-6-4-5-7-14(11)20-2/h4-7,12-13H,3,8-10,16H2,1-2H3,(H,17,19)/t12-,13-/m0/s1. The summed E-state index contributed by atoms with van der Waals surface area (Å²) in [6.07, 6.45) is 2.82. The number of hydrogen-bond acceptors (Lipinski definition) is 4. The number of hydrogen-bond donors (Lipinski definition) is 2. The van der Waals surface area contributed by atoms with Crippen molar-refractivity contribution in [2.24, 2.45) is 5.73 Å². The van der Waals surface area contributed by atoms with Gasteiger partial charge in [0.15, 0.2) is 0 Å². The number of rotatable bonds is 5. The molecule has 0 bridgehead atoms. The van der Waals surface area contributed by atoms with Gasteiger partial charge in [-0.1, -0.05) is 18.2 Å². The number of likely N-dealkylation sites (N-methyl/N-ethyl adjacent to an activating group) is 1. The highest BCUT2D eigenvalue weighted by molar-refractivity contribution is 7.98. The van der Waals surface area contributed by atoms with Crippen LogP contribution in [0.5, 0.6) is 0 Å². The van der Waals surface area contributed by atoms with Crippen LogP contribution in [0.2, 0.25) is 0 Å². The summed E-state index contributed by atoms with van der Waals surface area (Å²) in [5.41, 5.74) is 7.31. The topological polar surface area (TPSA) is 58.4 Å². The van der Waals surface area contributed by atoms with Gasteiger partial charge in [0.1, 0.15) is 0 Å². The zero-order valence-electron chi connectivity index (χ0n) is 12.1. The van der Waals surface area contributed by atoms with Gasteiger partial charge in [0.2, 0.25) is 5.91 Å². The largest absolute Gasteiger partial charge is 0.355 e. The average Bonchev–Trinajstić information content (AvgIpc) is 2.80. The fraction of sp³-hybridized carbons (Fsp3) is 0.533. The second-order valence-corrected chi connectivity index (χ2v) is 6.00. The van der Waals surface area contributed by atoms with Crippen LogP contribution in [-0.4, -0.2) is 42.2 Å². The summed E-state index contributed by atoms with van der Waals surface area (Å²) in [6, 6.07) is 8.34. The summed E-state index contributed by atoms with van der Waals surface area (Å²) in [5, 5.41) is 2.91. The van der Waals surface area contributed by atoms with Crippen LogP contribution in [-0.2, 0) is 11.3 Å². The van der Waals surface area contributed by atoms with E-state index in [0.717, 1.165) is 19.5 Å². The third-order valence-corrected chi connectivity index (χ3v) is 4.49. The van der Waals surface area contributed by atoms with Gasteiger partial charge in [-0.05, 0) is 31.2 Å². The third-order valence-electron chi connectivity index (χ3n) is 3.66. The molecular weight excluding hydrogens is 270 g/mol. The minimum Gasteiger partial charge on any atom is -0.355 e. The molecule has 1 amide bonds. The first kappa shape index (κ1) is 15.4. The summed E-state index contributed by atoms with van der Waals surface area (Å²) in [7, 11) is 0. The van der Waals surface area contributed by atoms with Crippen molar-refractivity contribution in [1.29, 1.82) is 0 Å². The van der Waals surface area contributed by atoms with Crippen LogP contribution < -0.4 is 11.1 Å². The Bertz CT molecular complexity index is 466. The molecule has 4 nitrogen and oxygen atoms in total. The van der Waals surface area contributed by atoms with E-state index in [0.29, 0.717) is 6.54 Å². The molecule has 2 atom stereocenters. The molecule has 0 aromatic heterocycles. The van der Waals surface area contributed by atoms with E-state index in [2.05, 4.69) is 28.6 Å².